The topological polar surface area (TPSA) is 145 Å². The lowest BCUT2D eigenvalue weighted by Crippen LogP contribution is -2.47. The van der Waals surface area contributed by atoms with Gasteiger partial charge in [-0.3, -0.25) is 9.59 Å². The van der Waals surface area contributed by atoms with Gasteiger partial charge in [-0.1, -0.05) is 12.1 Å². The Morgan fingerprint density at radius 3 is 2.28 bits per heavy atom. The number of aliphatic hydroxyl groups excluding tert-OH is 1. The molecule has 10 heteroatoms. The van der Waals surface area contributed by atoms with Crippen LogP contribution in [0.3, 0.4) is 0 Å². The van der Waals surface area contributed by atoms with Crippen LogP contribution in [0.5, 0.6) is 0 Å². The lowest BCUT2D eigenvalue weighted by atomic mass is 10.0. The molecule has 1 aliphatic heterocycles. The molecule has 2 unspecified atom stereocenters. The predicted molar refractivity (Wildman–Crippen MR) is 133 cm³/mol. The van der Waals surface area contributed by atoms with Crippen molar-refractivity contribution in [2.24, 2.45) is 0 Å². The van der Waals surface area contributed by atoms with E-state index in [2.05, 4.69) is 10.6 Å². The summed E-state index contributed by atoms with van der Waals surface area (Å²) in [5.74, 6) is -1.74. The number of hydrogen-bond donors (Lipinski definition) is 4. The van der Waals surface area contributed by atoms with Crippen molar-refractivity contribution in [1.82, 2.24) is 5.32 Å². The van der Waals surface area contributed by atoms with Crippen LogP contribution in [-0.4, -0.2) is 58.4 Å². The van der Waals surface area contributed by atoms with Crippen LogP contribution in [0.15, 0.2) is 48.5 Å². The molecule has 36 heavy (non-hydrogen) atoms. The summed E-state index contributed by atoms with van der Waals surface area (Å²) in [5.41, 5.74) is 1.13. The molecule has 2 aromatic carbocycles. The molecule has 3 amide bonds. The zero-order chi connectivity index (χ0) is 26.5. The van der Waals surface area contributed by atoms with Gasteiger partial charge < -0.3 is 30.5 Å². The second-order valence-corrected chi connectivity index (χ2v) is 9.63. The fourth-order valence-electron chi connectivity index (χ4n) is 3.72. The van der Waals surface area contributed by atoms with Crippen molar-refractivity contribution in [2.45, 2.75) is 57.8 Å². The fraction of sp³-hybridized carbons (Fsp3) is 0.385. The number of carboxylic acid groups (broad SMARTS) is 1. The number of hydrogen-bond acceptors (Lipinski definition) is 6. The monoisotopic (exact) mass is 497 g/mol. The molecule has 2 atom stereocenters. The molecule has 1 heterocycles. The van der Waals surface area contributed by atoms with Gasteiger partial charge in [-0.05, 0) is 69.2 Å². The quantitative estimate of drug-likeness (QED) is 0.460. The molecule has 0 saturated carbocycles. The molecular formula is C26H31N3O7. The Bertz CT molecular complexity index is 1110. The van der Waals surface area contributed by atoms with E-state index in [1.807, 2.05) is 0 Å². The predicted octanol–water partition coefficient (Wildman–Crippen LogP) is 2.95. The van der Waals surface area contributed by atoms with E-state index in [4.69, 9.17) is 9.84 Å². The number of amides is 3. The number of alkyl carbamates (subject to hydrolysis) is 1. The van der Waals surface area contributed by atoms with Crippen LogP contribution in [0.1, 0.15) is 49.5 Å². The summed E-state index contributed by atoms with van der Waals surface area (Å²) in [4.78, 5) is 50.4. The van der Waals surface area contributed by atoms with Crippen LogP contribution in [0.25, 0.3) is 0 Å². The second kappa shape index (κ2) is 11.2. The van der Waals surface area contributed by atoms with Crippen LogP contribution in [0, 0.1) is 0 Å². The molecular weight excluding hydrogens is 466 g/mol. The standard InChI is InChI=1S/C26H31N3O7/c1-26(2,3)36-25(35)28-21(23(32)27-18-8-6-17(7-9-18)24(33)34)14-16-4-10-19(11-5-16)29-13-12-20(30)15-22(29)31/h4-11,20-21,30H,12-15H2,1-3H3,(H,27,32)(H,28,35)(H,33,34). The molecule has 1 saturated heterocycles. The molecule has 192 valence electrons. The van der Waals surface area contributed by atoms with Gasteiger partial charge in [0, 0.05) is 24.3 Å². The van der Waals surface area contributed by atoms with Crippen LogP contribution < -0.4 is 15.5 Å². The van der Waals surface area contributed by atoms with Gasteiger partial charge in [-0.2, -0.15) is 0 Å². The van der Waals surface area contributed by atoms with Gasteiger partial charge in [0.1, 0.15) is 11.6 Å². The maximum absolute atomic E-state index is 13.1. The van der Waals surface area contributed by atoms with Crippen LogP contribution in [0.2, 0.25) is 0 Å². The average Bonchev–Trinajstić information content (AvgIpc) is 2.78. The number of carbonyl (C=O) groups excluding carboxylic acids is 3. The highest BCUT2D eigenvalue weighted by Crippen LogP contribution is 2.22. The third kappa shape index (κ3) is 7.54. The molecule has 2 aromatic rings. The molecule has 3 rings (SSSR count). The average molecular weight is 498 g/mol. The third-order valence-corrected chi connectivity index (χ3v) is 5.49. The van der Waals surface area contributed by atoms with Gasteiger partial charge in [0.05, 0.1) is 18.1 Å². The van der Waals surface area contributed by atoms with Crippen LogP contribution in [-0.2, 0) is 20.7 Å². The van der Waals surface area contributed by atoms with Crippen LogP contribution >= 0.6 is 0 Å². The molecule has 4 N–H and O–H groups in total. The van der Waals surface area contributed by atoms with Crippen molar-refractivity contribution in [3.8, 4) is 0 Å². The second-order valence-electron chi connectivity index (χ2n) is 9.63. The van der Waals surface area contributed by atoms with Gasteiger partial charge in [0.25, 0.3) is 0 Å². The molecule has 0 aromatic heterocycles. The van der Waals surface area contributed by atoms with E-state index in [1.54, 1.807) is 49.9 Å². The first-order valence-electron chi connectivity index (χ1n) is 11.6. The molecule has 0 spiro atoms. The summed E-state index contributed by atoms with van der Waals surface area (Å²) < 4.78 is 5.31. The lowest BCUT2D eigenvalue weighted by molar-refractivity contribution is -0.122. The van der Waals surface area contributed by atoms with Gasteiger partial charge >= 0.3 is 12.1 Å². The van der Waals surface area contributed by atoms with E-state index >= 15 is 0 Å². The normalized spacial score (nSPS) is 16.7. The molecule has 10 nitrogen and oxygen atoms in total. The molecule has 1 aliphatic rings. The minimum Gasteiger partial charge on any atom is -0.478 e. The number of rotatable bonds is 7. The first kappa shape index (κ1) is 26.7. The molecule has 0 radical (unpaired) electrons. The Morgan fingerprint density at radius 2 is 1.72 bits per heavy atom. The summed E-state index contributed by atoms with van der Waals surface area (Å²) in [6, 6.07) is 11.7. The smallest absolute Gasteiger partial charge is 0.408 e. The zero-order valence-electron chi connectivity index (χ0n) is 20.5. The fourth-order valence-corrected chi connectivity index (χ4v) is 3.72. The van der Waals surface area contributed by atoms with E-state index in [1.165, 1.54) is 24.3 Å². The van der Waals surface area contributed by atoms with Gasteiger partial charge in [0.15, 0.2) is 0 Å². The number of aliphatic hydroxyl groups is 1. The van der Waals surface area contributed by atoms with Gasteiger partial charge in [-0.25, -0.2) is 9.59 Å². The zero-order valence-corrected chi connectivity index (χ0v) is 20.5. The van der Waals surface area contributed by atoms with Gasteiger partial charge in [0.2, 0.25) is 11.8 Å². The Hall–Kier alpha value is -3.92. The summed E-state index contributed by atoms with van der Waals surface area (Å²) in [6.07, 6.45) is -0.643. The summed E-state index contributed by atoms with van der Waals surface area (Å²) in [7, 11) is 0. The number of ether oxygens (including phenoxy) is 1. The maximum atomic E-state index is 13.1. The highest BCUT2D eigenvalue weighted by molar-refractivity contribution is 5.97. The van der Waals surface area contributed by atoms with E-state index < -0.39 is 35.7 Å². The van der Waals surface area contributed by atoms with Crippen LogP contribution in [0.4, 0.5) is 16.2 Å². The van der Waals surface area contributed by atoms with E-state index in [-0.39, 0.29) is 24.3 Å². The number of piperidine rings is 1. The minimum atomic E-state index is -1.08. The van der Waals surface area contributed by atoms with Crippen molar-refractivity contribution < 1.29 is 34.1 Å². The summed E-state index contributed by atoms with van der Waals surface area (Å²) in [5, 5.41) is 24.0. The number of carbonyl (C=O) groups is 4. The largest absolute Gasteiger partial charge is 0.478 e. The van der Waals surface area contributed by atoms with Crippen molar-refractivity contribution in [3.63, 3.8) is 0 Å². The summed E-state index contributed by atoms with van der Waals surface area (Å²) in [6.45, 7) is 5.56. The number of nitrogens with zero attached hydrogens (tertiary/aromatic N) is 1. The molecule has 1 fully saturated rings. The number of anilines is 2. The Morgan fingerprint density at radius 1 is 1.08 bits per heavy atom. The number of carboxylic acids is 1. The lowest BCUT2D eigenvalue weighted by Gasteiger charge is -2.29. The van der Waals surface area contributed by atoms with Gasteiger partial charge in [-0.15, -0.1) is 0 Å². The summed E-state index contributed by atoms with van der Waals surface area (Å²) >= 11 is 0. The number of benzene rings is 2. The van der Waals surface area contributed by atoms with Crippen molar-refractivity contribution in [2.75, 3.05) is 16.8 Å². The van der Waals surface area contributed by atoms with Crippen molar-refractivity contribution in [3.05, 3.63) is 59.7 Å². The van der Waals surface area contributed by atoms with Crippen molar-refractivity contribution >= 4 is 35.3 Å². The highest BCUT2D eigenvalue weighted by Gasteiger charge is 2.27. The van der Waals surface area contributed by atoms with E-state index in [0.29, 0.717) is 24.3 Å². The maximum Gasteiger partial charge on any atom is 0.408 e. The van der Waals surface area contributed by atoms with E-state index in [9.17, 15) is 24.3 Å². The number of nitrogens with one attached hydrogen (secondary N) is 2. The molecule has 0 aliphatic carbocycles. The molecule has 0 bridgehead atoms. The SMILES string of the molecule is CC(C)(C)OC(=O)NC(Cc1ccc(N2CCC(O)CC2=O)cc1)C(=O)Nc1ccc(C(=O)O)cc1. The van der Waals surface area contributed by atoms with Crippen molar-refractivity contribution in [1.29, 1.82) is 0 Å². The Balaban J connectivity index is 1.74. The highest BCUT2D eigenvalue weighted by atomic mass is 16.6. The first-order chi connectivity index (χ1) is 16.9. The van der Waals surface area contributed by atoms with E-state index in [0.717, 1.165) is 5.56 Å². The minimum absolute atomic E-state index is 0.0806. The Labute approximate surface area is 209 Å². The Kier molecular flexibility index (Phi) is 8.31. The third-order valence-electron chi connectivity index (χ3n) is 5.49. The number of aromatic carboxylic acids is 1. The first-order valence-corrected chi connectivity index (χ1v) is 11.6.